The number of urea groups is 1. The van der Waals surface area contributed by atoms with Gasteiger partial charge in [0, 0.05) is 6.54 Å². The zero-order chi connectivity index (χ0) is 15.2. The number of carbonyl (C=O) groups excluding carboxylic acids is 3. The number of amides is 4. The predicted octanol–water partition coefficient (Wildman–Crippen LogP) is 0.125. The Morgan fingerprint density at radius 1 is 1.38 bits per heavy atom. The van der Waals surface area contributed by atoms with Crippen molar-refractivity contribution >= 4 is 17.8 Å². The van der Waals surface area contributed by atoms with Crippen LogP contribution in [0.2, 0.25) is 0 Å². The van der Waals surface area contributed by atoms with Crippen molar-refractivity contribution in [2.24, 2.45) is 0 Å². The third-order valence-electron chi connectivity index (χ3n) is 3.95. The van der Waals surface area contributed by atoms with Crippen LogP contribution in [0.25, 0.3) is 0 Å². The number of rotatable bonds is 1. The average molecular weight is 289 g/mol. The van der Waals surface area contributed by atoms with E-state index >= 15 is 0 Å². The van der Waals surface area contributed by atoms with E-state index in [1.54, 1.807) is 12.1 Å². The number of aromatic hydroxyl groups is 1. The largest absolute Gasteiger partial charge is 0.507 e. The summed E-state index contributed by atoms with van der Waals surface area (Å²) >= 11 is 0. The summed E-state index contributed by atoms with van der Waals surface area (Å²) in [7, 11) is 0. The molecule has 3 N–H and O–H groups in total. The highest BCUT2D eigenvalue weighted by Crippen LogP contribution is 2.28. The van der Waals surface area contributed by atoms with Crippen molar-refractivity contribution in [3.8, 4) is 5.75 Å². The van der Waals surface area contributed by atoms with Gasteiger partial charge in [-0.3, -0.25) is 14.9 Å². The van der Waals surface area contributed by atoms with Crippen LogP contribution in [0, 0.1) is 6.92 Å². The molecule has 110 valence electrons. The number of benzene rings is 1. The third kappa shape index (κ3) is 2.10. The van der Waals surface area contributed by atoms with Crippen molar-refractivity contribution in [1.82, 2.24) is 15.5 Å². The summed E-state index contributed by atoms with van der Waals surface area (Å²) in [4.78, 5) is 37.0. The van der Waals surface area contributed by atoms with Gasteiger partial charge in [-0.25, -0.2) is 4.79 Å². The van der Waals surface area contributed by atoms with Crippen LogP contribution in [0.1, 0.15) is 22.3 Å². The van der Waals surface area contributed by atoms with Crippen LogP contribution in [-0.4, -0.2) is 46.5 Å². The maximum atomic E-state index is 12.4. The van der Waals surface area contributed by atoms with Crippen molar-refractivity contribution < 1.29 is 19.5 Å². The summed E-state index contributed by atoms with van der Waals surface area (Å²) < 4.78 is 0. The molecule has 0 aromatic heterocycles. The van der Waals surface area contributed by atoms with E-state index in [1.807, 2.05) is 6.92 Å². The SMILES string of the molecule is Cc1ccc(C(=O)N2CCC3(C2)NC(=O)NC3=O)c(O)c1. The quantitative estimate of drug-likeness (QED) is 0.640. The number of aryl methyl sites for hydroxylation is 1. The minimum absolute atomic E-state index is 0.0825. The lowest BCUT2D eigenvalue weighted by Gasteiger charge is -2.21. The van der Waals surface area contributed by atoms with E-state index in [-0.39, 0.29) is 23.8 Å². The lowest BCUT2D eigenvalue weighted by molar-refractivity contribution is -0.123. The van der Waals surface area contributed by atoms with Gasteiger partial charge < -0.3 is 15.3 Å². The Balaban J connectivity index is 1.82. The zero-order valence-corrected chi connectivity index (χ0v) is 11.5. The van der Waals surface area contributed by atoms with Crippen LogP contribution in [0.4, 0.5) is 4.79 Å². The number of hydrogen-bond donors (Lipinski definition) is 3. The summed E-state index contributed by atoms with van der Waals surface area (Å²) in [5.74, 6) is -0.838. The summed E-state index contributed by atoms with van der Waals surface area (Å²) in [5.41, 5.74) is 0.0133. The number of phenolic OH excluding ortho intramolecular Hbond substituents is 1. The second-order valence-corrected chi connectivity index (χ2v) is 5.49. The van der Waals surface area contributed by atoms with E-state index < -0.39 is 17.5 Å². The van der Waals surface area contributed by atoms with Gasteiger partial charge in [-0.1, -0.05) is 6.07 Å². The van der Waals surface area contributed by atoms with E-state index in [0.717, 1.165) is 5.56 Å². The molecule has 2 saturated heterocycles. The second kappa shape index (κ2) is 4.47. The number of phenols is 1. The molecule has 0 saturated carbocycles. The first kappa shape index (κ1) is 13.4. The van der Waals surface area contributed by atoms with Gasteiger partial charge in [0.2, 0.25) is 0 Å². The molecule has 1 aromatic rings. The fourth-order valence-electron chi connectivity index (χ4n) is 2.79. The lowest BCUT2D eigenvalue weighted by Crippen LogP contribution is -2.49. The molecule has 21 heavy (non-hydrogen) atoms. The standard InChI is InChI=1S/C14H15N3O4/c1-8-2-3-9(10(18)6-8)11(19)17-5-4-14(7-17)12(20)15-13(21)16-14/h2-3,6,18H,4-5,7H2,1H3,(H2,15,16,20,21). The highest BCUT2D eigenvalue weighted by atomic mass is 16.3. The first-order valence-electron chi connectivity index (χ1n) is 6.64. The number of hydrogen-bond acceptors (Lipinski definition) is 4. The number of nitrogens with one attached hydrogen (secondary N) is 2. The monoisotopic (exact) mass is 289 g/mol. The number of carbonyl (C=O) groups is 3. The van der Waals surface area contributed by atoms with E-state index in [4.69, 9.17) is 0 Å². The zero-order valence-electron chi connectivity index (χ0n) is 11.5. The molecule has 2 heterocycles. The minimum Gasteiger partial charge on any atom is -0.507 e. The summed E-state index contributed by atoms with van der Waals surface area (Å²) in [6, 6.07) is 4.28. The van der Waals surface area contributed by atoms with Crippen molar-refractivity contribution in [3.05, 3.63) is 29.3 Å². The molecule has 0 bridgehead atoms. The van der Waals surface area contributed by atoms with Crippen molar-refractivity contribution in [2.45, 2.75) is 18.9 Å². The van der Waals surface area contributed by atoms with E-state index in [9.17, 15) is 19.5 Å². The normalized spacial score (nSPS) is 24.3. The Kier molecular flexibility index (Phi) is 2.86. The fourth-order valence-corrected chi connectivity index (χ4v) is 2.79. The molecule has 2 fully saturated rings. The van der Waals surface area contributed by atoms with Gasteiger partial charge in [-0.15, -0.1) is 0 Å². The molecule has 4 amide bonds. The minimum atomic E-state index is -1.03. The Labute approximate surface area is 120 Å². The van der Waals surface area contributed by atoms with Gasteiger partial charge in [0.25, 0.3) is 11.8 Å². The highest BCUT2D eigenvalue weighted by molar-refractivity contribution is 6.08. The van der Waals surface area contributed by atoms with Crippen LogP contribution < -0.4 is 10.6 Å². The van der Waals surface area contributed by atoms with Gasteiger partial charge >= 0.3 is 6.03 Å². The first-order chi connectivity index (χ1) is 9.91. The van der Waals surface area contributed by atoms with E-state index in [1.165, 1.54) is 11.0 Å². The van der Waals surface area contributed by atoms with E-state index in [0.29, 0.717) is 13.0 Å². The van der Waals surface area contributed by atoms with Crippen molar-refractivity contribution in [2.75, 3.05) is 13.1 Å². The molecule has 0 aliphatic carbocycles. The Hall–Kier alpha value is -2.57. The Morgan fingerprint density at radius 2 is 2.14 bits per heavy atom. The molecule has 0 radical (unpaired) electrons. The molecule has 7 heteroatoms. The fraction of sp³-hybridized carbons (Fsp3) is 0.357. The summed E-state index contributed by atoms with van der Waals surface area (Å²) in [5, 5.41) is 14.7. The van der Waals surface area contributed by atoms with Crippen LogP contribution in [0.15, 0.2) is 18.2 Å². The number of imide groups is 1. The Morgan fingerprint density at radius 3 is 2.76 bits per heavy atom. The molecular formula is C14H15N3O4. The van der Waals surface area contributed by atoms with Crippen molar-refractivity contribution in [3.63, 3.8) is 0 Å². The molecule has 1 atom stereocenters. The maximum Gasteiger partial charge on any atom is 0.322 e. The van der Waals surface area contributed by atoms with Crippen LogP contribution >= 0.6 is 0 Å². The molecule has 1 aromatic carbocycles. The lowest BCUT2D eigenvalue weighted by atomic mass is 9.99. The van der Waals surface area contributed by atoms with Gasteiger partial charge in [-0.05, 0) is 31.0 Å². The number of likely N-dealkylation sites (tertiary alicyclic amines) is 1. The molecule has 3 rings (SSSR count). The number of nitrogens with zero attached hydrogens (tertiary/aromatic N) is 1. The van der Waals surface area contributed by atoms with Gasteiger partial charge in [0.1, 0.15) is 11.3 Å². The van der Waals surface area contributed by atoms with Gasteiger partial charge in [0.05, 0.1) is 12.1 Å². The molecule has 2 aliphatic heterocycles. The smallest absolute Gasteiger partial charge is 0.322 e. The molecular weight excluding hydrogens is 274 g/mol. The summed E-state index contributed by atoms with van der Waals surface area (Å²) in [6.45, 7) is 2.27. The van der Waals surface area contributed by atoms with Crippen LogP contribution in [0.3, 0.4) is 0 Å². The van der Waals surface area contributed by atoms with Crippen molar-refractivity contribution in [1.29, 1.82) is 0 Å². The maximum absolute atomic E-state index is 12.4. The predicted molar refractivity (Wildman–Crippen MR) is 72.8 cm³/mol. The topological polar surface area (TPSA) is 98.7 Å². The summed E-state index contributed by atoms with van der Waals surface area (Å²) in [6.07, 6.45) is 0.364. The van der Waals surface area contributed by atoms with Gasteiger partial charge in [0.15, 0.2) is 0 Å². The van der Waals surface area contributed by atoms with Crippen LogP contribution in [-0.2, 0) is 4.79 Å². The first-order valence-corrected chi connectivity index (χ1v) is 6.64. The molecule has 1 spiro atoms. The molecule has 1 unspecified atom stereocenters. The highest BCUT2D eigenvalue weighted by Gasteiger charge is 2.51. The van der Waals surface area contributed by atoms with Gasteiger partial charge in [-0.2, -0.15) is 0 Å². The third-order valence-corrected chi connectivity index (χ3v) is 3.95. The van der Waals surface area contributed by atoms with E-state index in [2.05, 4.69) is 10.6 Å². The Bertz CT molecular complexity index is 658. The van der Waals surface area contributed by atoms with Crippen LogP contribution in [0.5, 0.6) is 5.75 Å². The molecule has 2 aliphatic rings. The second-order valence-electron chi connectivity index (χ2n) is 5.49. The molecule has 7 nitrogen and oxygen atoms in total. The average Bonchev–Trinajstić information content (AvgIpc) is 2.94.